The Morgan fingerprint density at radius 2 is 2.19 bits per heavy atom. The first-order chi connectivity index (χ1) is 12.5. The van der Waals surface area contributed by atoms with E-state index in [4.69, 9.17) is 26.8 Å². The van der Waals surface area contributed by atoms with Crippen LogP contribution < -0.4 is 15.2 Å². The second kappa shape index (κ2) is 7.49. The molecule has 2 aromatic heterocycles. The molecule has 8 nitrogen and oxygen atoms in total. The van der Waals surface area contributed by atoms with E-state index in [0.717, 1.165) is 17.8 Å². The molecule has 0 aliphatic rings. The number of carbonyl (C=O) groups excluding carboxylic acids is 1. The second-order valence-electron chi connectivity index (χ2n) is 5.42. The molecule has 1 amide bonds. The van der Waals surface area contributed by atoms with E-state index in [-0.39, 0.29) is 12.4 Å². The maximum absolute atomic E-state index is 11.0. The molecular weight excluding hydrogens is 358 g/mol. The number of nitrogens with zero attached hydrogens (tertiary/aromatic N) is 4. The van der Waals surface area contributed by atoms with Crippen LogP contribution in [0, 0.1) is 0 Å². The number of carbonyl (C=O) groups is 1. The normalized spacial score (nSPS) is 10.7. The number of aromatic nitrogens is 4. The highest BCUT2D eigenvalue weighted by atomic mass is 35.5. The highest BCUT2D eigenvalue weighted by Crippen LogP contribution is 2.39. The third-order valence-corrected chi connectivity index (χ3v) is 3.99. The van der Waals surface area contributed by atoms with Crippen molar-refractivity contribution in [3.05, 3.63) is 41.9 Å². The summed E-state index contributed by atoms with van der Waals surface area (Å²) in [5, 5.41) is 4.58. The number of aryl methyl sites for hydroxylation is 1. The smallest absolute Gasteiger partial charge is 0.255 e. The van der Waals surface area contributed by atoms with Gasteiger partial charge in [-0.1, -0.05) is 11.6 Å². The first kappa shape index (κ1) is 17.8. The van der Waals surface area contributed by atoms with Gasteiger partial charge in [-0.2, -0.15) is 5.10 Å². The molecule has 0 saturated heterocycles. The van der Waals surface area contributed by atoms with Gasteiger partial charge in [0.25, 0.3) is 5.91 Å². The summed E-state index contributed by atoms with van der Waals surface area (Å²) in [6, 6.07) is 3.44. The number of benzene rings is 1. The number of methoxy groups -OCH3 is 1. The third-order valence-electron chi connectivity index (χ3n) is 3.71. The van der Waals surface area contributed by atoms with Gasteiger partial charge in [-0.05, 0) is 19.1 Å². The van der Waals surface area contributed by atoms with Crippen LogP contribution >= 0.6 is 11.6 Å². The highest BCUT2D eigenvalue weighted by molar-refractivity contribution is 6.32. The highest BCUT2D eigenvalue weighted by Gasteiger charge is 2.17. The van der Waals surface area contributed by atoms with E-state index in [1.165, 1.54) is 7.11 Å². The molecule has 0 fully saturated rings. The molecule has 0 aliphatic carbocycles. The number of imidazole rings is 1. The molecule has 0 saturated carbocycles. The number of hydrogen-bond acceptors (Lipinski definition) is 5. The number of rotatable bonds is 7. The molecule has 0 unspecified atom stereocenters. The molecule has 3 rings (SSSR count). The first-order valence-corrected chi connectivity index (χ1v) is 8.26. The molecule has 9 heteroatoms. The lowest BCUT2D eigenvalue weighted by Gasteiger charge is -2.13. The van der Waals surface area contributed by atoms with Crippen LogP contribution in [0.3, 0.4) is 0 Å². The zero-order valence-electron chi connectivity index (χ0n) is 14.3. The number of primary amides is 1. The number of nitrogens with two attached hydrogens (primary N) is 1. The van der Waals surface area contributed by atoms with Crippen LogP contribution in [0.2, 0.25) is 5.02 Å². The van der Waals surface area contributed by atoms with Crippen LogP contribution in [-0.2, 0) is 11.3 Å². The lowest BCUT2D eigenvalue weighted by atomic mass is 10.2. The summed E-state index contributed by atoms with van der Waals surface area (Å²) in [6.07, 6.45) is 7.22. The van der Waals surface area contributed by atoms with Crippen molar-refractivity contribution in [3.63, 3.8) is 0 Å². The summed E-state index contributed by atoms with van der Waals surface area (Å²) in [7, 11) is 1.49. The largest absolute Gasteiger partial charge is 0.493 e. The lowest BCUT2D eigenvalue weighted by molar-refractivity contribution is -0.119. The minimum absolute atomic E-state index is 0.258. The van der Waals surface area contributed by atoms with Crippen molar-refractivity contribution in [3.8, 4) is 28.6 Å². The van der Waals surface area contributed by atoms with Crippen LogP contribution in [0.15, 0.2) is 36.9 Å². The van der Waals surface area contributed by atoms with Gasteiger partial charge in [0.2, 0.25) is 0 Å². The predicted octanol–water partition coefficient (Wildman–Crippen LogP) is 2.28. The Kier molecular flexibility index (Phi) is 5.13. The van der Waals surface area contributed by atoms with E-state index in [1.54, 1.807) is 24.5 Å². The van der Waals surface area contributed by atoms with E-state index in [2.05, 4.69) is 10.1 Å². The topological polar surface area (TPSA) is 97.2 Å². The van der Waals surface area contributed by atoms with Crippen molar-refractivity contribution >= 4 is 17.5 Å². The zero-order chi connectivity index (χ0) is 18.7. The summed E-state index contributed by atoms with van der Waals surface area (Å²) < 4.78 is 14.4. The van der Waals surface area contributed by atoms with Crippen LogP contribution in [0.5, 0.6) is 11.5 Å². The molecule has 2 N–H and O–H groups in total. The minimum Gasteiger partial charge on any atom is -0.493 e. The van der Waals surface area contributed by atoms with Gasteiger partial charge >= 0.3 is 0 Å². The summed E-state index contributed by atoms with van der Waals surface area (Å²) in [5.41, 5.74) is 6.73. The van der Waals surface area contributed by atoms with Crippen molar-refractivity contribution in [1.29, 1.82) is 0 Å². The van der Waals surface area contributed by atoms with Crippen LogP contribution in [0.1, 0.15) is 6.92 Å². The number of hydrogen-bond donors (Lipinski definition) is 1. The van der Waals surface area contributed by atoms with Gasteiger partial charge in [-0.25, -0.2) is 4.98 Å². The van der Waals surface area contributed by atoms with Crippen LogP contribution in [0.4, 0.5) is 0 Å². The lowest BCUT2D eigenvalue weighted by Crippen LogP contribution is -2.20. The SMILES string of the molecule is CCn1cc(-n2ccnc2-c2cc(Cl)c(OCC(N)=O)c(OC)c2)cn1. The maximum Gasteiger partial charge on any atom is 0.255 e. The Morgan fingerprint density at radius 3 is 2.85 bits per heavy atom. The van der Waals surface area contributed by atoms with E-state index >= 15 is 0 Å². The van der Waals surface area contributed by atoms with E-state index in [0.29, 0.717) is 16.6 Å². The van der Waals surface area contributed by atoms with Gasteiger partial charge in [0.05, 0.1) is 24.0 Å². The fraction of sp³-hybridized carbons (Fsp3) is 0.235. The van der Waals surface area contributed by atoms with Gasteiger partial charge in [0, 0.05) is 30.7 Å². The average molecular weight is 376 g/mol. The Bertz CT molecular complexity index is 934. The monoisotopic (exact) mass is 375 g/mol. The molecule has 2 heterocycles. The maximum atomic E-state index is 11.0. The molecule has 1 aromatic carbocycles. The van der Waals surface area contributed by atoms with Crippen molar-refractivity contribution in [2.45, 2.75) is 13.5 Å². The molecule has 0 bridgehead atoms. The van der Waals surface area contributed by atoms with Gasteiger partial charge in [-0.3, -0.25) is 14.0 Å². The Hall–Kier alpha value is -3.00. The van der Waals surface area contributed by atoms with E-state index < -0.39 is 5.91 Å². The Labute approximate surface area is 155 Å². The van der Waals surface area contributed by atoms with Crippen molar-refractivity contribution in [1.82, 2.24) is 19.3 Å². The fourth-order valence-electron chi connectivity index (χ4n) is 2.51. The molecule has 136 valence electrons. The number of ether oxygens (including phenoxy) is 2. The van der Waals surface area contributed by atoms with Crippen molar-refractivity contribution < 1.29 is 14.3 Å². The molecule has 0 spiro atoms. The first-order valence-electron chi connectivity index (χ1n) is 7.88. The predicted molar refractivity (Wildman–Crippen MR) is 96.7 cm³/mol. The van der Waals surface area contributed by atoms with Gasteiger partial charge in [-0.15, -0.1) is 0 Å². The molecule has 3 aromatic rings. The molecule has 0 radical (unpaired) electrons. The third kappa shape index (κ3) is 3.50. The standard InChI is InChI=1S/C17H18ClN5O3/c1-3-22-9-12(8-21-22)23-5-4-20-17(23)11-6-13(18)16(14(7-11)25-2)26-10-15(19)24/h4-9H,3,10H2,1-2H3,(H2,19,24). The van der Waals surface area contributed by atoms with Crippen LogP contribution in [0.25, 0.3) is 17.1 Å². The summed E-state index contributed by atoms with van der Waals surface area (Å²) in [6.45, 7) is 2.50. The minimum atomic E-state index is -0.601. The van der Waals surface area contributed by atoms with Crippen LogP contribution in [-0.4, -0.2) is 39.0 Å². The van der Waals surface area contributed by atoms with Crippen molar-refractivity contribution in [2.75, 3.05) is 13.7 Å². The molecule has 26 heavy (non-hydrogen) atoms. The van der Waals surface area contributed by atoms with Gasteiger partial charge in [0.15, 0.2) is 18.1 Å². The molecule has 0 atom stereocenters. The fourth-order valence-corrected chi connectivity index (χ4v) is 2.77. The van der Waals surface area contributed by atoms with E-state index in [1.807, 2.05) is 28.6 Å². The summed E-state index contributed by atoms with van der Waals surface area (Å²) in [5.74, 6) is 0.708. The molecular formula is C17H18ClN5O3. The number of amides is 1. The summed E-state index contributed by atoms with van der Waals surface area (Å²) >= 11 is 6.33. The Morgan fingerprint density at radius 1 is 1.38 bits per heavy atom. The quantitative estimate of drug-likeness (QED) is 0.683. The molecule has 0 aliphatic heterocycles. The van der Waals surface area contributed by atoms with Gasteiger partial charge in [0.1, 0.15) is 5.82 Å². The van der Waals surface area contributed by atoms with Gasteiger partial charge < -0.3 is 15.2 Å². The van der Waals surface area contributed by atoms with Crippen molar-refractivity contribution in [2.24, 2.45) is 5.73 Å². The van der Waals surface area contributed by atoms with E-state index in [9.17, 15) is 4.79 Å². The Balaban J connectivity index is 2.01. The summed E-state index contributed by atoms with van der Waals surface area (Å²) in [4.78, 5) is 15.4. The number of halogens is 1. The zero-order valence-corrected chi connectivity index (χ0v) is 15.1. The average Bonchev–Trinajstić information content (AvgIpc) is 3.28. The second-order valence-corrected chi connectivity index (χ2v) is 5.83.